The molecule has 1 aromatic carbocycles. The van der Waals surface area contributed by atoms with Crippen LogP contribution in [0, 0.1) is 6.92 Å². The summed E-state index contributed by atoms with van der Waals surface area (Å²) < 4.78 is 5.56. The molecule has 1 aromatic heterocycles. The van der Waals surface area contributed by atoms with E-state index in [0.717, 1.165) is 17.6 Å². The number of nitrogens with one attached hydrogen (secondary N) is 1. The summed E-state index contributed by atoms with van der Waals surface area (Å²) in [5.41, 5.74) is 3.08. The van der Waals surface area contributed by atoms with Crippen LogP contribution in [0.4, 0.5) is 0 Å². The smallest absolute Gasteiger partial charge is 0.192 e. The Hall–Kier alpha value is -1.00. The van der Waals surface area contributed by atoms with Crippen molar-refractivity contribution in [2.75, 3.05) is 12.4 Å². The lowest BCUT2D eigenvalue weighted by molar-refractivity contribution is 0.489. The largest absolute Gasteiger partial charge is 0.441 e. The number of aromatic nitrogens is 1. The van der Waals surface area contributed by atoms with E-state index in [0.29, 0.717) is 11.8 Å². The molecule has 0 aliphatic carbocycles. The van der Waals surface area contributed by atoms with Crippen molar-refractivity contribution in [3.63, 3.8) is 0 Å². The van der Waals surface area contributed by atoms with Gasteiger partial charge in [-0.2, -0.15) is 12.6 Å². The molecular weight excluding hydrogens is 232 g/mol. The molecule has 0 radical (unpaired) electrons. The van der Waals surface area contributed by atoms with Crippen molar-refractivity contribution >= 4 is 23.7 Å². The zero-order chi connectivity index (χ0) is 12.5. The van der Waals surface area contributed by atoms with Gasteiger partial charge in [0.05, 0.1) is 0 Å². The summed E-state index contributed by atoms with van der Waals surface area (Å²) in [5, 5.41) is 3.26. The molecule has 2 aromatic rings. The molecule has 0 aliphatic heterocycles. The van der Waals surface area contributed by atoms with Gasteiger partial charge in [0.25, 0.3) is 0 Å². The first kappa shape index (κ1) is 12.5. The summed E-state index contributed by atoms with van der Waals surface area (Å²) in [5.74, 6) is 1.40. The van der Waals surface area contributed by atoms with Gasteiger partial charge in [0.2, 0.25) is 0 Å². The third-order valence-electron chi connectivity index (χ3n) is 2.96. The van der Waals surface area contributed by atoms with Crippen LogP contribution in [0.1, 0.15) is 25.3 Å². The Morgan fingerprint density at radius 2 is 2.18 bits per heavy atom. The number of aryl methyl sites for hydroxylation is 1. The van der Waals surface area contributed by atoms with Crippen molar-refractivity contribution in [2.45, 2.75) is 26.2 Å². The Kier molecular flexibility index (Phi) is 3.45. The summed E-state index contributed by atoms with van der Waals surface area (Å²) in [4.78, 5) is 4.30. The molecule has 1 N–H and O–H groups in total. The van der Waals surface area contributed by atoms with E-state index in [2.05, 4.69) is 48.9 Å². The fourth-order valence-electron chi connectivity index (χ4n) is 1.93. The third-order valence-corrected chi connectivity index (χ3v) is 3.18. The molecule has 4 heteroatoms. The summed E-state index contributed by atoms with van der Waals surface area (Å²) in [7, 11) is 0. The molecule has 3 nitrogen and oxygen atoms in total. The van der Waals surface area contributed by atoms with E-state index < -0.39 is 0 Å². The second-order valence-electron chi connectivity index (χ2n) is 4.88. The maximum absolute atomic E-state index is 5.56. The maximum Gasteiger partial charge on any atom is 0.192 e. The predicted octanol–water partition coefficient (Wildman–Crippen LogP) is 2.89. The average Bonchev–Trinajstić information content (AvgIpc) is 2.65. The van der Waals surface area contributed by atoms with Gasteiger partial charge in [-0.25, -0.2) is 4.98 Å². The molecule has 0 aliphatic rings. The number of benzene rings is 1. The highest BCUT2D eigenvalue weighted by Crippen LogP contribution is 2.26. The van der Waals surface area contributed by atoms with Crippen LogP contribution in [-0.4, -0.2) is 17.4 Å². The Balaban J connectivity index is 2.34. The lowest BCUT2D eigenvalue weighted by atomic mass is 9.84. The van der Waals surface area contributed by atoms with Gasteiger partial charge in [-0.1, -0.05) is 19.9 Å². The van der Waals surface area contributed by atoms with Crippen LogP contribution in [0.3, 0.4) is 0 Å². The fourth-order valence-corrected chi connectivity index (χ4v) is 2.04. The number of oxazole rings is 1. The number of rotatable bonds is 4. The van der Waals surface area contributed by atoms with E-state index in [1.54, 1.807) is 0 Å². The van der Waals surface area contributed by atoms with E-state index in [4.69, 9.17) is 4.42 Å². The Bertz CT molecular complexity index is 519. The van der Waals surface area contributed by atoms with Crippen molar-refractivity contribution in [3.8, 4) is 0 Å². The Morgan fingerprint density at radius 1 is 1.41 bits per heavy atom. The number of nitrogens with zero attached hydrogens (tertiary/aromatic N) is 1. The highest BCUT2D eigenvalue weighted by Gasteiger charge is 2.21. The molecule has 1 heterocycles. The minimum Gasteiger partial charge on any atom is -0.441 e. The average molecular weight is 250 g/mol. The highest BCUT2D eigenvalue weighted by atomic mass is 32.1. The van der Waals surface area contributed by atoms with Crippen LogP contribution in [0.25, 0.3) is 11.1 Å². The Labute approximate surface area is 107 Å². The lowest BCUT2D eigenvalue weighted by Gasteiger charge is -2.25. The van der Waals surface area contributed by atoms with Crippen LogP contribution in [0.15, 0.2) is 22.6 Å². The van der Waals surface area contributed by atoms with Gasteiger partial charge in [-0.15, -0.1) is 0 Å². The normalized spacial score (nSPS) is 12.2. The summed E-state index contributed by atoms with van der Waals surface area (Å²) in [6.45, 7) is 7.16. The monoisotopic (exact) mass is 250 g/mol. The van der Waals surface area contributed by atoms with Gasteiger partial charge in [0, 0.05) is 24.8 Å². The molecule has 2 rings (SSSR count). The zero-order valence-corrected chi connectivity index (χ0v) is 11.3. The van der Waals surface area contributed by atoms with Crippen molar-refractivity contribution < 1.29 is 4.42 Å². The molecule has 0 saturated heterocycles. The standard InChI is InChI=1S/C13H18N2OS/c1-9-15-11-5-4-10(6-12(11)16-9)13(2,3)7-14-8-17/h4-6,14,17H,7-8H2,1-3H3. The summed E-state index contributed by atoms with van der Waals surface area (Å²) in [6.07, 6.45) is 0. The van der Waals surface area contributed by atoms with Gasteiger partial charge in [-0.3, -0.25) is 0 Å². The molecule has 0 atom stereocenters. The minimum atomic E-state index is 0.0532. The molecular formula is C13H18N2OS. The number of fused-ring (bicyclic) bond motifs is 1. The molecule has 0 spiro atoms. The number of hydrogen-bond acceptors (Lipinski definition) is 4. The van der Waals surface area contributed by atoms with Crippen LogP contribution in [-0.2, 0) is 5.41 Å². The predicted molar refractivity (Wildman–Crippen MR) is 73.6 cm³/mol. The van der Waals surface area contributed by atoms with Crippen LogP contribution >= 0.6 is 12.6 Å². The molecule has 0 bridgehead atoms. The van der Waals surface area contributed by atoms with E-state index >= 15 is 0 Å². The second-order valence-corrected chi connectivity index (χ2v) is 5.20. The third kappa shape index (κ3) is 2.64. The summed E-state index contributed by atoms with van der Waals surface area (Å²) >= 11 is 4.17. The van der Waals surface area contributed by atoms with Crippen molar-refractivity contribution in [2.24, 2.45) is 0 Å². The lowest BCUT2D eigenvalue weighted by Crippen LogP contribution is -2.32. The van der Waals surface area contributed by atoms with Gasteiger partial charge >= 0.3 is 0 Å². The van der Waals surface area contributed by atoms with E-state index in [-0.39, 0.29) is 5.41 Å². The summed E-state index contributed by atoms with van der Waals surface area (Å²) in [6, 6.07) is 6.21. The van der Waals surface area contributed by atoms with Crippen molar-refractivity contribution in [1.29, 1.82) is 0 Å². The van der Waals surface area contributed by atoms with E-state index in [1.807, 2.05) is 13.0 Å². The zero-order valence-electron chi connectivity index (χ0n) is 10.4. The van der Waals surface area contributed by atoms with Gasteiger partial charge in [-0.05, 0) is 17.7 Å². The molecule has 17 heavy (non-hydrogen) atoms. The van der Waals surface area contributed by atoms with Crippen LogP contribution < -0.4 is 5.32 Å². The highest BCUT2D eigenvalue weighted by molar-refractivity contribution is 7.80. The Morgan fingerprint density at radius 3 is 2.88 bits per heavy atom. The van der Waals surface area contributed by atoms with Crippen molar-refractivity contribution in [1.82, 2.24) is 10.3 Å². The number of thiol groups is 1. The molecule has 0 unspecified atom stereocenters. The van der Waals surface area contributed by atoms with Gasteiger partial charge in [0.1, 0.15) is 5.52 Å². The first-order valence-electron chi connectivity index (χ1n) is 5.72. The molecule has 0 fully saturated rings. The first-order valence-corrected chi connectivity index (χ1v) is 6.35. The fraction of sp³-hybridized carbons (Fsp3) is 0.462. The molecule has 0 saturated carbocycles. The van der Waals surface area contributed by atoms with Gasteiger partial charge < -0.3 is 9.73 Å². The molecule has 0 amide bonds. The number of hydrogen-bond donors (Lipinski definition) is 2. The minimum absolute atomic E-state index is 0.0532. The molecule has 92 valence electrons. The van der Waals surface area contributed by atoms with Gasteiger partial charge in [0.15, 0.2) is 11.5 Å². The van der Waals surface area contributed by atoms with Crippen LogP contribution in [0.5, 0.6) is 0 Å². The van der Waals surface area contributed by atoms with E-state index in [9.17, 15) is 0 Å². The maximum atomic E-state index is 5.56. The topological polar surface area (TPSA) is 38.1 Å². The first-order chi connectivity index (χ1) is 8.03. The van der Waals surface area contributed by atoms with Crippen LogP contribution in [0.2, 0.25) is 0 Å². The second kappa shape index (κ2) is 4.70. The SMILES string of the molecule is Cc1nc2ccc(C(C)(C)CNCS)cc2o1. The van der Waals surface area contributed by atoms with E-state index in [1.165, 1.54) is 5.56 Å². The quantitative estimate of drug-likeness (QED) is 0.647. The van der Waals surface area contributed by atoms with Crippen molar-refractivity contribution in [3.05, 3.63) is 29.7 Å².